The van der Waals surface area contributed by atoms with E-state index in [0.29, 0.717) is 5.56 Å². The van der Waals surface area contributed by atoms with Crippen LogP contribution in [0.5, 0.6) is 0 Å². The molecule has 1 aromatic rings. The molecule has 6 heteroatoms. The van der Waals surface area contributed by atoms with Crippen molar-refractivity contribution in [1.29, 1.82) is 0 Å². The Hall–Kier alpha value is -1.29. The molecule has 1 aliphatic carbocycles. The predicted octanol–water partition coefficient (Wildman–Crippen LogP) is 0.0632. The summed E-state index contributed by atoms with van der Waals surface area (Å²) in [6.45, 7) is 0. The van der Waals surface area contributed by atoms with Gasteiger partial charge in [-0.3, -0.25) is 0 Å². The smallest absolute Gasteiger partial charge is 0.348 e. The first-order valence-corrected chi connectivity index (χ1v) is 6.41. The third-order valence-electron chi connectivity index (χ3n) is 3.13. The minimum atomic E-state index is -2.65. The third-order valence-corrected chi connectivity index (χ3v) is 3.85. The first-order chi connectivity index (χ1) is 7.96. The minimum absolute atomic E-state index is 0.0631. The van der Waals surface area contributed by atoms with E-state index in [4.69, 9.17) is 5.73 Å². The van der Waals surface area contributed by atoms with E-state index >= 15 is 0 Å². The van der Waals surface area contributed by atoms with Crippen LogP contribution >= 0.6 is 8.03 Å². The SMILES string of the molecule is N[C@@](C(=O)O)(c1ccc([P+](=O)[O-])cc1)C1CC1. The van der Waals surface area contributed by atoms with Gasteiger partial charge in [0.15, 0.2) is 5.30 Å². The molecule has 0 aromatic heterocycles. The maximum absolute atomic E-state index is 11.3. The summed E-state index contributed by atoms with van der Waals surface area (Å²) in [5, 5.41) is 9.39. The van der Waals surface area contributed by atoms with Crippen LogP contribution in [0.15, 0.2) is 24.3 Å². The summed E-state index contributed by atoms with van der Waals surface area (Å²) in [6.07, 6.45) is 1.58. The van der Waals surface area contributed by atoms with Crippen LogP contribution < -0.4 is 15.9 Å². The van der Waals surface area contributed by atoms with Crippen molar-refractivity contribution in [2.45, 2.75) is 18.4 Å². The Labute approximate surface area is 99.1 Å². The Morgan fingerprint density at radius 3 is 2.29 bits per heavy atom. The number of hydrogen-bond acceptors (Lipinski definition) is 4. The van der Waals surface area contributed by atoms with E-state index < -0.39 is 19.5 Å². The van der Waals surface area contributed by atoms with Crippen molar-refractivity contribution in [3.05, 3.63) is 29.8 Å². The van der Waals surface area contributed by atoms with Crippen LogP contribution in [0.4, 0.5) is 0 Å². The predicted molar refractivity (Wildman–Crippen MR) is 59.9 cm³/mol. The first-order valence-electron chi connectivity index (χ1n) is 5.23. The molecule has 0 spiro atoms. The van der Waals surface area contributed by atoms with Crippen molar-refractivity contribution in [2.24, 2.45) is 11.7 Å². The number of rotatable bonds is 4. The van der Waals surface area contributed by atoms with Crippen molar-refractivity contribution >= 4 is 19.3 Å². The van der Waals surface area contributed by atoms with Gasteiger partial charge in [-0.1, -0.05) is 16.7 Å². The second kappa shape index (κ2) is 4.18. The summed E-state index contributed by atoms with van der Waals surface area (Å²) in [4.78, 5) is 22.0. The summed E-state index contributed by atoms with van der Waals surface area (Å²) < 4.78 is 10.7. The van der Waals surface area contributed by atoms with Gasteiger partial charge in [0.1, 0.15) is 5.54 Å². The summed E-state index contributed by atoms with van der Waals surface area (Å²) in [5.74, 6) is -1.13. The van der Waals surface area contributed by atoms with Crippen LogP contribution in [0, 0.1) is 5.92 Å². The van der Waals surface area contributed by atoms with Crippen LogP contribution in [0.25, 0.3) is 0 Å². The molecule has 0 bridgehead atoms. The van der Waals surface area contributed by atoms with Gasteiger partial charge in [-0.25, -0.2) is 4.79 Å². The van der Waals surface area contributed by atoms with E-state index in [1.54, 1.807) is 0 Å². The highest BCUT2D eigenvalue weighted by Gasteiger charge is 2.49. The number of carbonyl (C=O) groups is 1. The van der Waals surface area contributed by atoms with E-state index in [1.807, 2.05) is 0 Å². The zero-order chi connectivity index (χ0) is 12.6. The molecule has 1 unspecified atom stereocenters. The third kappa shape index (κ3) is 2.09. The van der Waals surface area contributed by atoms with Crippen LogP contribution in [0.2, 0.25) is 0 Å². The molecular weight excluding hydrogens is 241 g/mol. The fraction of sp³-hybridized carbons (Fsp3) is 0.364. The lowest BCUT2D eigenvalue weighted by atomic mass is 9.86. The Morgan fingerprint density at radius 2 is 1.94 bits per heavy atom. The highest BCUT2D eigenvalue weighted by atomic mass is 31.1. The number of benzene rings is 1. The van der Waals surface area contributed by atoms with Gasteiger partial charge in [0, 0.05) is 0 Å². The Balaban J connectivity index is 2.37. The monoisotopic (exact) mass is 253 g/mol. The summed E-state index contributed by atoms with van der Waals surface area (Å²) in [5.41, 5.74) is 5.00. The van der Waals surface area contributed by atoms with Gasteiger partial charge in [-0.05, 0) is 36.5 Å². The lowest BCUT2D eigenvalue weighted by Gasteiger charge is -2.24. The second-order valence-electron chi connectivity index (χ2n) is 4.25. The molecule has 0 radical (unpaired) electrons. The Bertz CT molecular complexity index is 469. The lowest BCUT2D eigenvalue weighted by molar-refractivity contribution is -0.160. The standard InChI is InChI=1S/C11H12NO4P/c12-11(10(13)14,7-1-2-7)8-3-5-9(6-4-8)17(15)16/h3-7H,1-2,12H2,(H,13,14)/t11-/m1/s1. The largest absolute Gasteiger partial charge is 0.591 e. The quantitative estimate of drug-likeness (QED) is 0.738. The van der Waals surface area contributed by atoms with Gasteiger partial charge >= 0.3 is 14.0 Å². The Kier molecular flexibility index (Phi) is 3.00. The maximum Gasteiger partial charge on any atom is 0.348 e. The van der Waals surface area contributed by atoms with Crippen LogP contribution in [0.1, 0.15) is 18.4 Å². The van der Waals surface area contributed by atoms with Crippen molar-refractivity contribution in [3.8, 4) is 0 Å². The fourth-order valence-electron chi connectivity index (χ4n) is 1.93. The number of aliphatic carboxylic acids is 1. The molecule has 5 nitrogen and oxygen atoms in total. The molecule has 1 fully saturated rings. The first kappa shape index (κ1) is 12.2. The molecule has 0 heterocycles. The fourth-order valence-corrected chi connectivity index (χ4v) is 2.32. The van der Waals surface area contributed by atoms with E-state index in [1.165, 1.54) is 24.3 Å². The van der Waals surface area contributed by atoms with E-state index in [-0.39, 0.29) is 11.2 Å². The maximum atomic E-state index is 11.3. The zero-order valence-electron chi connectivity index (χ0n) is 9.00. The van der Waals surface area contributed by atoms with Crippen LogP contribution in [-0.2, 0) is 14.9 Å². The Morgan fingerprint density at radius 1 is 1.41 bits per heavy atom. The summed E-state index contributed by atoms with van der Waals surface area (Å²) in [6, 6.07) is 5.72. The van der Waals surface area contributed by atoms with Crippen LogP contribution in [0.3, 0.4) is 0 Å². The van der Waals surface area contributed by atoms with Crippen molar-refractivity contribution in [3.63, 3.8) is 0 Å². The van der Waals surface area contributed by atoms with Gasteiger partial charge in [0.25, 0.3) is 0 Å². The topological polar surface area (TPSA) is 103 Å². The highest BCUT2D eigenvalue weighted by Crippen LogP contribution is 2.44. The molecular formula is C11H12NO4P. The molecule has 1 saturated carbocycles. The molecule has 17 heavy (non-hydrogen) atoms. The molecule has 3 N–H and O–H groups in total. The minimum Gasteiger partial charge on any atom is -0.591 e. The van der Waals surface area contributed by atoms with Gasteiger partial charge in [0.05, 0.1) is 0 Å². The van der Waals surface area contributed by atoms with Gasteiger partial charge in [0.2, 0.25) is 0 Å². The second-order valence-corrected chi connectivity index (χ2v) is 5.28. The molecule has 1 aromatic carbocycles. The molecule has 0 aliphatic heterocycles. The molecule has 90 valence electrons. The number of nitrogens with two attached hydrogens (primary N) is 1. The molecule has 0 amide bonds. The van der Waals surface area contributed by atoms with Gasteiger partial charge in [-0.15, -0.1) is 0 Å². The highest BCUT2D eigenvalue weighted by molar-refractivity contribution is 7.45. The molecule has 0 saturated heterocycles. The number of carboxylic acid groups (broad SMARTS) is 1. The normalized spacial score (nSPS) is 19.5. The van der Waals surface area contributed by atoms with Gasteiger partial charge in [-0.2, -0.15) is 0 Å². The average Bonchev–Trinajstić information content (AvgIpc) is 3.12. The van der Waals surface area contributed by atoms with Gasteiger partial charge < -0.3 is 15.7 Å². The summed E-state index contributed by atoms with van der Waals surface area (Å²) in [7, 11) is -2.65. The molecule has 1 aliphatic rings. The average molecular weight is 253 g/mol. The van der Waals surface area contributed by atoms with E-state index in [9.17, 15) is 19.4 Å². The van der Waals surface area contributed by atoms with Crippen LogP contribution in [-0.4, -0.2) is 11.1 Å². The van der Waals surface area contributed by atoms with E-state index in [0.717, 1.165) is 12.8 Å². The lowest BCUT2D eigenvalue weighted by Crippen LogP contribution is -2.47. The van der Waals surface area contributed by atoms with Crippen molar-refractivity contribution < 1.29 is 19.4 Å². The van der Waals surface area contributed by atoms with Crippen molar-refractivity contribution in [1.82, 2.24) is 0 Å². The molecule has 2 rings (SSSR count). The van der Waals surface area contributed by atoms with E-state index in [2.05, 4.69) is 0 Å². The summed E-state index contributed by atoms with van der Waals surface area (Å²) >= 11 is 0. The number of carboxylic acids is 1. The molecule has 2 atom stereocenters. The van der Waals surface area contributed by atoms with Crippen molar-refractivity contribution in [2.75, 3.05) is 0 Å². The zero-order valence-corrected chi connectivity index (χ0v) is 9.89. The number of hydrogen-bond donors (Lipinski definition) is 2.